The molecule has 0 radical (unpaired) electrons. The second-order valence-corrected chi connectivity index (χ2v) is 5.70. The molecule has 0 aliphatic carbocycles. The zero-order valence-corrected chi connectivity index (χ0v) is 14.9. The maximum atomic E-state index is 12.4. The van der Waals surface area contributed by atoms with Gasteiger partial charge in [-0.15, -0.1) is 0 Å². The van der Waals surface area contributed by atoms with Crippen LogP contribution >= 0.6 is 0 Å². The van der Waals surface area contributed by atoms with E-state index in [1.165, 1.54) is 20.3 Å². The molecule has 1 unspecified atom stereocenters. The van der Waals surface area contributed by atoms with E-state index in [9.17, 15) is 14.4 Å². The molecule has 1 atom stereocenters. The first-order valence-electron chi connectivity index (χ1n) is 7.99. The van der Waals surface area contributed by atoms with E-state index in [-0.39, 0.29) is 17.0 Å². The van der Waals surface area contributed by atoms with Gasteiger partial charge in [0.1, 0.15) is 6.29 Å². The second-order valence-electron chi connectivity index (χ2n) is 5.70. The molecule has 5 heteroatoms. The molecular formula is C21H20O5. The number of aldehydes is 1. The zero-order chi connectivity index (χ0) is 19.3. The highest BCUT2D eigenvalue weighted by atomic mass is 16.5. The Balaban J connectivity index is 2.70. The van der Waals surface area contributed by atoms with Gasteiger partial charge in [-0.1, -0.05) is 49.9 Å². The third-order valence-electron chi connectivity index (χ3n) is 4.17. The van der Waals surface area contributed by atoms with Crippen LogP contribution in [0.1, 0.15) is 50.2 Å². The maximum Gasteiger partial charge on any atom is 0.339 e. The van der Waals surface area contributed by atoms with Crippen molar-refractivity contribution in [2.24, 2.45) is 0 Å². The minimum atomic E-state index is -0.664. The molecule has 5 nitrogen and oxygen atoms in total. The largest absolute Gasteiger partial charge is 0.465 e. The van der Waals surface area contributed by atoms with E-state index in [0.29, 0.717) is 11.1 Å². The van der Waals surface area contributed by atoms with Crippen molar-refractivity contribution in [2.45, 2.75) is 12.8 Å². The van der Waals surface area contributed by atoms with Crippen LogP contribution < -0.4 is 0 Å². The van der Waals surface area contributed by atoms with E-state index < -0.39 is 11.9 Å². The maximum absolute atomic E-state index is 12.4. The van der Waals surface area contributed by atoms with E-state index >= 15 is 0 Å². The fourth-order valence-corrected chi connectivity index (χ4v) is 2.79. The van der Waals surface area contributed by atoms with Gasteiger partial charge in [0.25, 0.3) is 0 Å². The van der Waals surface area contributed by atoms with Crippen molar-refractivity contribution in [3.63, 3.8) is 0 Å². The summed E-state index contributed by atoms with van der Waals surface area (Å²) in [6, 6.07) is 12.1. The van der Waals surface area contributed by atoms with Crippen LogP contribution in [0.5, 0.6) is 0 Å². The lowest BCUT2D eigenvalue weighted by molar-refractivity contribution is -0.108. The van der Waals surface area contributed by atoms with Crippen molar-refractivity contribution in [1.29, 1.82) is 0 Å². The van der Waals surface area contributed by atoms with Gasteiger partial charge < -0.3 is 14.3 Å². The summed E-state index contributed by atoms with van der Waals surface area (Å²) in [6.07, 6.45) is 0.845. The average Bonchev–Trinajstić information content (AvgIpc) is 2.70. The summed E-state index contributed by atoms with van der Waals surface area (Å²) in [4.78, 5) is 35.7. The molecule has 0 heterocycles. The van der Waals surface area contributed by atoms with Gasteiger partial charge in [-0.3, -0.25) is 0 Å². The number of hydrogen-bond donors (Lipinski definition) is 0. The van der Waals surface area contributed by atoms with Crippen molar-refractivity contribution < 1.29 is 23.9 Å². The van der Waals surface area contributed by atoms with Gasteiger partial charge in [0.2, 0.25) is 0 Å². The van der Waals surface area contributed by atoms with Crippen LogP contribution in [0.3, 0.4) is 0 Å². The van der Waals surface area contributed by atoms with E-state index in [1.54, 1.807) is 19.1 Å². The molecular weight excluding hydrogens is 332 g/mol. The number of carbonyl (C=O) groups excluding carboxylic acids is 3. The minimum absolute atomic E-state index is 0.0837. The third-order valence-corrected chi connectivity index (χ3v) is 4.17. The Kier molecular flexibility index (Phi) is 6.07. The van der Waals surface area contributed by atoms with Gasteiger partial charge in [-0.2, -0.15) is 0 Å². The predicted octanol–water partition coefficient (Wildman–Crippen LogP) is 3.62. The summed E-state index contributed by atoms with van der Waals surface area (Å²) < 4.78 is 9.62. The molecule has 0 aliphatic rings. The molecule has 0 bridgehead atoms. The van der Waals surface area contributed by atoms with Crippen LogP contribution in [-0.2, 0) is 14.3 Å². The van der Waals surface area contributed by atoms with Crippen molar-refractivity contribution in [2.75, 3.05) is 14.2 Å². The zero-order valence-electron chi connectivity index (χ0n) is 14.9. The summed E-state index contributed by atoms with van der Waals surface area (Å²) >= 11 is 0. The standard InChI is InChI=1S/C21H20O5/c1-13(12-22)15-8-5-6-9-16(15)14(2)17-10-7-11-18(20(23)25-3)19(17)21(24)26-4/h5-13H,2H2,1,3-4H3. The Hall–Kier alpha value is -3.21. The number of rotatable bonds is 6. The first kappa shape index (κ1) is 19.1. The molecule has 0 aliphatic heterocycles. The monoisotopic (exact) mass is 352 g/mol. The first-order chi connectivity index (χ1) is 12.5. The molecule has 0 saturated heterocycles. The van der Waals surface area contributed by atoms with E-state index in [4.69, 9.17) is 9.47 Å². The summed E-state index contributed by atoms with van der Waals surface area (Å²) in [5.41, 5.74) is 2.65. The molecule has 2 rings (SSSR count). The lowest BCUT2D eigenvalue weighted by Crippen LogP contribution is -2.15. The van der Waals surface area contributed by atoms with Crippen molar-refractivity contribution in [1.82, 2.24) is 0 Å². The Morgan fingerprint density at radius 1 is 0.923 bits per heavy atom. The van der Waals surface area contributed by atoms with Crippen LogP contribution in [0.15, 0.2) is 49.0 Å². The van der Waals surface area contributed by atoms with Gasteiger partial charge in [-0.05, 0) is 28.3 Å². The number of ether oxygens (including phenoxy) is 2. The summed E-state index contributed by atoms with van der Waals surface area (Å²) in [5, 5.41) is 0. The van der Waals surface area contributed by atoms with Gasteiger partial charge in [0.05, 0.1) is 25.3 Å². The molecule has 134 valence electrons. The highest BCUT2D eigenvalue weighted by molar-refractivity contribution is 6.07. The topological polar surface area (TPSA) is 69.7 Å². The predicted molar refractivity (Wildman–Crippen MR) is 98.2 cm³/mol. The smallest absolute Gasteiger partial charge is 0.339 e. The Labute approximate surface area is 152 Å². The fraction of sp³-hybridized carbons (Fsp3) is 0.190. The Morgan fingerprint density at radius 3 is 2.12 bits per heavy atom. The van der Waals surface area contributed by atoms with Gasteiger partial charge in [0.15, 0.2) is 0 Å². The van der Waals surface area contributed by atoms with Gasteiger partial charge >= 0.3 is 11.9 Å². The van der Waals surface area contributed by atoms with Crippen LogP contribution in [0.4, 0.5) is 0 Å². The highest BCUT2D eigenvalue weighted by Crippen LogP contribution is 2.32. The first-order valence-corrected chi connectivity index (χ1v) is 7.99. The van der Waals surface area contributed by atoms with Crippen molar-refractivity contribution >= 4 is 23.8 Å². The number of esters is 2. The van der Waals surface area contributed by atoms with Crippen molar-refractivity contribution in [3.05, 3.63) is 76.9 Å². The number of benzene rings is 2. The highest BCUT2D eigenvalue weighted by Gasteiger charge is 2.24. The Morgan fingerprint density at radius 2 is 1.50 bits per heavy atom. The van der Waals surface area contributed by atoms with Gasteiger partial charge in [0, 0.05) is 5.92 Å². The molecule has 26 heavy (non-hydrogen) atoms. The molecule has 0 N–H and O–H groups in total. The summed E-state index contributed by atoms with van der Waals surface area (Å²) in [5.74, 6) is -1.65. The average molecular weight is 352 g/mol. The fourth-order valence-electron chi connectivity index (χ4n) is 2.79. The normalized spacial score (nSPS) is 11.3. The molecule has 2 aromatic carbocycles. The van der Waals surface area contributed by atoms with Crippen LogP contribution in [0.25, 0.3) is 5.57 Å². The van der Waals surface area contributed by atoms with Crippen LogP contribution in [0.2, 0.25) is 0 Å². The van der Waals surface area contributed by atoms with E-state index in [2.05, 4.69) is 6.58 Å². The number of methoxy groups -OCH3 is 2. The van der Waals surface area contributed by atoms with Gasteiger partial charge in [-0.25, -0.2) is 9.59 Å². The molecule has 0 spiro atoms. The molecule has 0 fully saturated rings. The molecule has 2 aromatic rings. The quantitative estimate of drug-likeness (QED) is 0.586. The van der Waals surface area contributed by atoms with Crippen molar-refractivity contribution in [3.8, 4) is 0 Å². The summed E-state index contributed by atoms with van der Waals surface area (Å²) in [6.45, 7) is 5.88. The van der Waals surface area contributed by atoms with Crippen LogP contribution in [0, 0.1) is 0 Å². The summed E-state index contributed by atoms with van der Waals surface area (Å²) in [7, 11) is 2.48. The number of carbonyl (C=O) groups is 3. The second kappa shape index (κ2) is 8.25. The molecule has 0 saturated carbocycles. The number of hydrogen-bond acceptors (Lipinski definition) is 5. The Bertz CT molecular complexity index is 866. The molecule has 0 aromatic heterocycles. The van der Waals surface area contributed by atoms with E-state index in [0.717, 1.165) is 17.4 Å². The van der Waals surface area contributed by atoms with Crippen LogP contribution in [-0.4, -0.2) is 32.4 Å². The lowest BCUT2D eigenvalue weighted by Gasteiger charge is -2.17. The minimum Gasteiger partial charge on any atom is -0.465 e. The SMILES string of the molecule is C=C(c1ccccc1C(C)C=O)c1cccc(C(=O)OC)c1C(=O)OC. The third kappa shape index (κ3) is 3.57. The van der Waals surface area contributed by atoms with E-state index in [1.807, 2.05) is 24.3 Å². The molecule has 0 amide bonds. The lowest BCUT2D eigenvalue weighted by atomic mass is 9.87.